The highest BCUT2D eigenvalue weighted by Gasteiger charge is 2.13. The fraction of sp³-hybridized carbons (Fsp3) is 0.389. The van der Waals surface area contributed by atoms with Gasteiger partial charge >= 0.3 is 0 Å². The molecule has 3 rings (SSSR count). The number of rotatable bonds is 6. The fourth-order valence-corrected chi connectivity index (χ4v) is 3.35. The molecule has 0 spiro atoms. The smallest absolute Gasteiger partial charge is 0.223 e. The van der Waals surface area contributed by atoms with Crippen molar-refractivity contribution < 1.29 is 4.79 Å². The van der Waals surface area contributed by atoms with Gasteiger partial charge < -0.3 is 9.30 Å². The quantitative estimate of drug-likeness (QED) is 0.689. The normalized spacial score (nSPS) is 11.3. The van der Waals surface area contributed by atoms with Crippen molar-refractivity contribution in [1.29, 1.82) is 0 Å². The fourth-order valence-electron chi connectivity index (χ4n) is 2.53. The molecule has 24 heavy (non-hydrogen) atoms. The number of hydrogen-bond acceptors (Lipinski definition) is 4. The second kappa shape index (κ2) is 7.13. The van der Waals surface area contributed by atoms with Crippen molar-refractivity contribution in [2.75, 3.05) is 7.05 Å². The Labute approximate surface area is 146 Å². The summed E-state index contributed by atoms with van der Waals surface area (Å²) in [5, 5.41) is 3.16. The van der Waals surface area contributed by atoms with Crippen molar-refractivity contribution in [2.45, 2.75) is 39.2 Å². The highest BCUT2D eigenvalue weighted by atomic mass is 32.1. The van der Waals surface area contributed by atoms with Crippen LogP contribution in [0.15, 0.2) is 36.0 Å². The van der Waals surface area contributed by atoms with Gasteiger partial charge in [-0.2, -0.15) is 0 Å². The highest BCUT2D eigenvalue weighted by molar-refractivity contribution is 7.09. The minimum atomic E-state index is 0.117. The first-order valence-corrected chi connectivity index (χ1v) is 9.02. The standard InChI is InChI=1S/C18H22N4OS/c1-13(2)18-20-15(12-24-18)10-21(3)17(23)8-7-14-11-22-9-5-4-6-16(22)19-14/h4-6,9,11-13H,7-8,10H2,1-3H3. The van der Waals surface area contributed by atoms with E-state index >= 15 is 0 Å². The van der Waals surface area contributed by atoms with Crippen molar-refractivity contribution in [3.05, 3.63) is 52.4 Å². The molecule has 0 aliphatic heterocycles. The zero-order valence-corrected chi connectivity index (χ0v) is 15.1. The van der Waals surface area contributed by atoms with Crippen molar-refractivity contribution in [1.82, 2.24) is 19.3 Å². The summed E-state index contributed by atoms with van der Waals surface area (Å²) in [6, 6.07) is 5.90. The van der Waals surface area contributed by atoms with Crippen LogP contribution in [-0.4, -0.2) is 32.2 Å². The lowest BCUT2D eigenvalue weighted by atomic mass is 10.2. The van der Waals surface area contributed by atoms with Crippen LogP contribution in [-0.2, 0) is 17.8 Å². The third kappa shape index (κ3) is 3.82. The average molecular weight is 342 g/mol. The number of imidazole rings is 1. The Morgan fingerprint density at radius 3 is 2.83 bits per heavy atom. The topological polar surface area (TPSA) is 50.5 Å². The SMILES string of the molecule is CC(C)c1nc(CN(C)C(=O)CCc2cn3ccccc3n2)cs1. The van der Waals surface area contributed by atoms with Gasteiger partial charge in [-0.25, -0.2) is 9.97 Å². The number of thiazole rings is 1. The van der Waals surface area contributed by atoms with E-state index in [0.29, 0.717) is 25.3 Å². The maximum Gasteiger partial charge on any atom is 0.223 e. The summed E-state index contributed by atoms with van der Waals surface area (Å²) in [6.07, 6.45) is 5.06. The maximum absolute atomic E-state index is 12.3. The predicted octanol–water partition coefficient (Wildman–Crippen LogP) is 3.51. The Balaban J connectivity index is 1.55. The summed E-state index contributed by atoms with van der Waals surface area (Å²) in [7, 11) is 1.83. The minimum absolute atomic E-state index is 0.117. The summed E-state index contributed by atoms with van der Waals surface area (Å²) < 4.78 is 1.98. The number of nitrogens with zero attached hydrogens (tertiary/aromatic N) is 4. The van der Waals surface area contributed by atoms with Crippen LogP contribution >= 0.6 is 11.3 Å². The summed E-state index contributed by atoms with van der Waals surface area (Å²) in [6.45, 7) is 4.83. The minimum Gasteiger partial charge on any atom is -0.340 e. The first kappa shape index (κ1) is 16.6. The van der Waals surface area contributed by atoms with Crippen molar-refractivity contribution in [3.63, 3.8) is 0 Å². The Morgan fingerprint density at radius 2 is 2.12 bits per heavy atom. The van der Waals surface area contributed by atoms with Crippen molar-refractivity contribution in [2.24, 2.45) is 0 Å². The van der Waals surface area contributed by atoms with Gasteiger partial charge in [0.1, 0.15) is 5.65 Å². The Hall–Kier alpha value is -2.21. The Morgan fingerprint density at radius 1 is 1.29 bits per heavy atom. The van der Waals surface area contributed by atoms with Gasteiger partial charge in [0.2, 0.25) is 5.91 Å². The number of hydrogen-bond donors (Lipinski definition) is 0. The third-order valence-corrected chi connectivity index (χ3v) is 5.09. The number of aromatic nitrogens is 3. The molecule has 126 valence electrons. The number of aryl methyl sites for hydroxylation is 1. The van der Waals surface area contributed by atoms with Crippen LogP contribution in [0.3, 0.4) is 0 Å². The predicted molar refractivity (Wildman–Crippen MR) is 96.2 cm³/mol. The lowest BCUT2D eigenvalue weighted by Gasteiger charge is -2.15. The zero-order valence-electron chi connectivity index (χ0n) is 14.3. The van der Waals surface area contributed by atoms with E-state index in [1.54, 1.807) is 16.2 Å². The van der Waals surface area contributed by atoms with Crippen LogP contribution in [0.2, 0.25) is 0 Å². The number of pyridine rings is 1. The van der Waals surface area contributed by atoms with Crippen molar-refractivity contribution in [3.8, 4) is 0 Å². The van der Waals surface area contributed by atoms with Crippen molar-refractivity contribution >= 4 is 22.9 Å². The Kier molecular flexibility index (Phi) is 4.94. The molecule has 0 saturated heterocycles. The van der Waals surface area contributed by atoms with E-state index in [-0.39, 0.29) is 5.91 Å². The molecule has 1 amide bonds. The van der Waals surface area contributed by atoms with Gasteiger partial charge in [0.05, 0.1) is 22.9 Å². The van der Waals surface area contributed by atoms with Gasteiger partial charge in [-0.3, -0.25) is 4.79 Å². The first-order valence-electron chi connectivity index (χ1n) is 8.14. The lowest BCUT2D eigenvalue weighted by Crippen LogP contribution is -2.26. The second-order valence-corrected chi connectivity index (χ2v) is 7.17. The lowest BCUT2D eigenvalue weighted by molar-refractivity contribution is -0.130. The van der Waals surface area contributed by atoms with Crippen LogP contribution in [0.4, 0.5) is 0 Å². The van der Waals surface area contributed by atoms with Gasteiger partial charge in [0.15, 0.2) is 0 Å². The Bertz CT molecular complexity index is 803. The van der Waals surface area contributed by atoms with E-state index in [0.717, 1.165) is 22.0 Å². The number of fused-ring (bicyclic) bond motifs is 1. The molecule has 0 saturated carbocycles. The van der Waals surface area contributed by atoms with Gasteiger partial charge in [-0.1, -0.05) is 19.9 Å². The first-order chi connectivity index (χ1) is 11.5. The van der Waals surface area contributed by atoms with Gasteiger partial charge in [-0.15, -0.1) is 11.3 Å². The number of carbonyl (C=O) groups is 1. The van der Waals surface area contributed by atoms with Gasteiger partial charge in [-0.05, 0) is 18.6 Å². The van der Waals surface area contributed by atoms with Crippen LogP contribution in [0, 0.1) is 0 Å². The second-order valence-electron chi connectivity index (χ2n) is 6.28. The molecule has 6 heteroatoms. The van der Waals surface area contributed by atoms with Gasteiger partial charge in [0.25, 0.3) is 0 Å². The molecule has 0 unspecified atom stereocenters. The average Bonchev–Trinajstić information content (AvgIpc) is 3.18. The molecule has 0 bridgehead atoms. The maximum atomic E-state index is 12.3. The van der Waals surface area contributed by atoms with Crippen LogP contribution in [0.5, 0.6) is 0 Å². The van der Waals surface area contributed by atoms with E-state index in [1.165, 1.54) is 0 Å². The summed E-state index contributed by atoms with van der Waals surface area (Å²) >= 11 is 1.66. The number of carbonyl (C=O) groups excluding carboxylic acids is 1. The van der Waals surface area contributed by atoms with E-state index < -0.39 is 0 Å². The molecule has 0 aliphatic carbocycles. The van der Waals surface area contributed by atoms with Gasteiger partial charge in [0, 0.05) is 37.2 Å². The molecule has 3 aromatic heterocycles. The van der Waals surface area contributed by atoms with Crippen LogP contribution < -0.4 is 0 Å². The molecular formula is C18H22N4OS. The molecule has 3 heterocycles. The summed E-state index contributed by atoms with van der Waals surface area (Å²) in [5.74, 6) is 0.547. The van der Waals surface area contributed by atoms with E-state index in [9.17, 15) is 4.79 Å². The third-order valence-electron chi connectivity index (χ3n) is 3.90. The molecule has 0 aromatic carbocycles. The number of amides is 1. The van der Waals surface area contributed by atoms with E-state index in [4.69, 9.17) is 0 Å². The highest BCUT2D eigenvalue weighted by Crippen LogP contribution is 2.20. The molecule has 0 atom stereocenters. The molecule has 0 N–H and O–H groups in total. The molecular weight excluding hydrogens is 320 g/mol. The molecule has 5 nitrogen and oxygen atoms in total. The molecule has 0 fully saturated rings. The summed E-state index contributed by atoms with van der Waals surface area (Å²) in [5.41, 5.74) is 2.82. The van der Waals surface area contributed by atoms with E-state index in [1.807, 2.05) is 47.4 Å². The molecule has 0 radical (unpaired) electrons. The monoisotopic (exact) mass is 342 g/mol. The van der Waals surface area contributed by atoms with E-state index in [2.05, 4.69) is 23.8 Å². The largest absolute Gasteiger partial charge is 0.340 e. The summed E-state index contributed by atoms with van der Waals surface area (Å²) in [4.78, 5) is 23.2. The van der Waals surface area contributed by atoms with Crippen LogP contribution in [0.1, 0.15) is 42.6 Å². The zero-order chi connectivity index (χ0) is 17.1. The van der Waals surface area contributed by atoms with Crippen LogP contribution in [0.25, 0.3) is 5.65 Å². The molecule has 0 aliphatic rings. The molecule has 3 aromatic rings.